The van der Waals surface area contributed by atoms with E-state index in [0.717, 1.165) is 39.3 Å². The molecule has 0 aliphatic carbocycles. The van der Waals surface area contributed by atoms with Crippen molar-refractivity contribution in [2.24, 2.45) is 5.10 Å². The molecule has 3 aromatic rings. The van der Waals surface area contributed by atoms with Crippen LogP contribution in [0, 0.1) is 0 Å². The number of ether oxygens (including phenoxy) is 1. The van der Waals surface area contributed by atoms with E-state index in [1.165, 1.54) is 4.90 Å². The highest BCUT2D eigenvalue weighted by Crippen LogP contribution is 2.36. The minimum Gasteiger partial charge on any atom is -0.489 e. The normalized spacial score (nSPS) is 15.6. The smallest absolute Gasteiger partial charge is 0.260 e. The number of hydrogen-bond donors (Lipinski definition) is 1. The first kappa shape index (κ1) is 18.7. The average Bonchev–Trinajstić information content (AvgIpc) is 2.99. The van der Waals surface area contributed by atoms with Crippen molar-refractivity contribution in [2.45, 2.75) is 6.10 Å². The Morgan fingerprint density at radius 3 is 2.77 bits per heavy atom. The lowest BCUT2D eigenvalue weighted by Gasteiger charge is -2.25. The summed E-state index contributed by atoms with van der Waals surface area (Å²) < 4.78 is 5.86. The van der Waals surface area contributed by atoms with Crippen LogP contribution in [0.3, 0.4) is 0 Å². The van der Waals surface area contributed by atoms with Gasteiger partial charge in [-0.1, -0.05) is 36.4 Å². The fourth-order valence-electron chi connectivity index (χ4n) is 3.64. The van der Waals surface area contributed by atoms with E-state index in [2.05, 4.69) is 10.5 Å². The van der Waals surface area contributed by atoms with Gasteiger partial charge in [-0.3, -0.25) is 14.5 Å². The Labute approximate surface area is 177 Å². The molecule has 0 atom stereocenters. The second-order valence-corrected chi connectivity index (χ2v) is 8.29. The van der Waals surface area contributed by atoms with Gasteiger partial charge < -0.3 is 4.74 Å². The second-order valence-electron chi connectivity index (χ2n) is 7.22. The second kappa shape index (κ2) is 7.84. The van der Waals surface area contributed by atoms with E-state index in [0.29, 0.717) is 5.56 Å². The lowest BCUT2D eigenvalue weighted by molar-refractivity contribution is -0.119. The highest BCUT2D eigenvalue weighted by Gasteiger charge is 2.30. The Hall–Kier alpha value is -3.32. The van der Waals surface area contributed by atoms with Crippen LogP contribution in [0.25, 0.3) is 10.8 Å². The van der Waals surface area contributed by atoms with Gasteiger partial charge in [0.2, 0.25) is 0 Å². The van der Waals surface area contributed by atoms with E-state index < -0.39 is 0 Å². The Kier molecular flexibility index (Phi) is 4.88. The predicted octanol–water partition coefficient (Wildman–Crippen LogP) is 3.44. The Morgan fingerprint density at radius 2 is 1.97 bits per heavy atom. The van der Waals surface area contributed by atoms with E-state index in [4.69, 9.17) is 4.74 Å². The zero-order valence-electron chi connectivity index (χ0n) is 16.1. The molecule has 0 bridgehead atoms. The van der Waals surface area contributed by atoms with Gasteiger partial charge in [0.05, 0.1) is 11.9 Å². The van der Waals surface area contributed by atoms with Crippen molar-refractivity contribution in [3.8, 4) is 5.75 Å². The SMILES string of the molecule is O=C(CN1C(=O)c2cccc3cccc1c23)NN=Cc1cccc(OC2CSC2)c1. The van der Waals surface area contributed by atoms with Crippen molar-refractivity contribution in [1.29, 1.82) is 0 Å². The van der Waals surface area contributed by atoms with Gasteiger partial charge in [0.25, 0.3) is 11.8 Å². The Morgan fingerprint density at radius 1 is 1.17 bits per heavy atom. The van der Waals surface area contributed by atoms with Crippen LogP contribution in [0.4, 0.5) is 5.69 Å². The van der Waals surface area contributed by atoms with Crippen LogP contribution in [-0.2, 0) is 4.79 Å². The summed E-state index contributed by atoms with van der Waals surface area (Å²) in [6, 6.07) is 18.9. The fraction of sp³-hybridized carbons (Fsp3) is 0.174. The molecule has 0 saturated carbocycles. The molecular weight excluding hydrogens is 398 g/mol. The molecule has 5 rings (SSSR count). The molecule has 7 heteroatoms. The number of carbonyl (C=O) groups is 2. The summed E-state index contributed by atoms with van der Waals surface area (Å²) in [6.45, 7) is -0.0908. The maximum atomic E-state index is 12.8. The maximum Gasteiger partial charge on any atom is 0.260 e. The number of anilines is 1. The first-order chi connectivity index (χ1) is 14.7. The van der Waals surface area contributed by atoms with E-state index in [1.54, 1.807) is 12.3 Å². The summed E-state index contributed by atoms with van der Waals surface area (Å²) in [4.78, 5) is 26.7. The van der Waals surface area contributed by atoms with Gasteiger partial charge in [-0.05, 0) is 35.2 Å². The number of amides is 2. The molecule has 0 spiro atoms. The van der Waals surface area contributed by atoms with Gasteiger partial charge >= 0.3 is 0 Å². The van der Waals surface area contributed by atoms with Crippen molar-refractivity contribution in [2.75, 3.05) is 23.0 Å². The third-order valence-electron chi connectivity index (χ3n) is 5.12. The van der Waals surface area contributed by atoms with Gasteiger partial charge in [-0.15, -0.1) is 0 Å². The van der Waals surface area contributed by atoms with Crippen LogP contribution in [0.2, 0.25) is 0 Å². The van der Waals surface area contributed by atoms with Crippen LogP contribution in [0.5, 0.6) is 5.75 Å². The van der Waals surface area contributed by atoms with Gasteiger partial charge in [0, 0.05) is 22.5 Å². The third kappa shape index (κ3) is 3.52. The van der Waals surface area contributed by atoms with Crippen LogP contribution in [0.1, 0.15) is 15.9 Å². The quantitative estimate of drug-likeness (QED) is 0.493. The van der Waals surface area contributed by atoms with E-state index in [-0.39, 0.29) is 24.5 Å². The van der Waals surface area contributed by atoms with Crippen LogP contribution >= 0.6 is 11.8 Å². The van der Waals surface area contributed by atoms with E-state index >= 15 is 0 Å². The van der Waals surface area contributed by atoms with Crippen LogP contribution in [0.15, 0.2) is 65.8 Å². The summed E-state index contributed by atoms with van der Waals surface area (Å²) >= 11 is 1.87. The highest BCUT2D eigenvalue weighted by atomic mass is 32.2. The van der Waals surface area contributed by atoms with Gasteiger partial charge in [-0.2, -0.15) is 16.9 Å². The predicted molar refractivity (Wildman–Crippen MR) is 120 cm³/mol. The molecule has 6 nitrogen and oxygen atoms in total. The Balaban J connectivity index is 1.23. The average molecular weight is 417 g/mol. The largest absolute Gasteiger partial charge is 0.489 e. The minimum atomic E-state index is -0.358. The molecule has 3 aromatic carbocycles. The molecule has 2 amide bonds. The lowest BCUT2D eigenvalue weighted by atomic mass is 10.1. The number of hydrazone groups is 1. The standard InChI is InChI=1S/C23H19N3O3S/c27-21(25-24-11-15-4-1-7-17(10-15)29-18-13-30-14-18)12-26-20-9-3-6-16-5-2-8-19(22(16)20)23(26)28/h1-11,18H,12-14H2,(H,25,27). The molecule has 2 aliphatic rings. The minimum absolute atomic E-state index is 0.0908. The van der Waals surface area contributed by atoms with Gasteiger partial charge in [-0.25, -0.2) is 5.43 Å². The molecule has 1 fully saturated rings. The van der Waals surface area contributed by atoms with Gasteiger partial charge in [0.15, 0.2) is 0 Å². The Bertz CT molecular complexity index is 1170. The number of nitrogens with one attached hydrogen (secondary N) is 1. The molecule has 0 radical (unpaired) electrons. The number of thioether (sulfide) groups is 1. The topological polar surface area (TPSA) is 71.0 Å². The maximum absolute atomic E-state index is 12.8. The molecule has 2 aliphatic heterocycles. The van der Waals surface area contributed by atoms with Crippen molar-refractivity contribution in [3.05, 3.63) is 71.8 Å². The summed E-state index contributed by atoms with van der Waals surface area (Å²) in [6.07, 6.45) is 1.84. The molecule has 1 N–H and O–H groups in total. The molecule has 1 saturated heterocycles. The summed E-state index contributed by atoms with van der Waals surface area (Å²) in [5.74, 6) is 2.30. The summed E-state index contributed by atoms with van der Waals surface area (Å²) in [5.41, 5.74) is 4.72. The first-order valence-corrected chi connectivity index (χ1v) is 10.8. The van der Waals surface area contributed by atoms with E-state index in [1.807, 2.05) is 66.4 Å². The monoisotopic (exact) mass is 417 g/mol. The lowest BCUT2D eigenvalue weighted by Crippen LogP contribution is -2.37. The zero-order valence-corrected chi connectivity index (χ0v) is 16.9. The molecule has 2 heterocycles. The summed E-state index contributed by atoms with van der Waals surface area (Å²) in [5, 5.41) is 5.92. The third-order valence-corrected chi connectivity index (χ3v) is 6.34. The number of hydrogen-bond acceptors (Lipinski definition) is 5. The van der Waals surface area contributed by atoms with Crippen LogP contribution < -0.4 is 15.1 Å². The van der Waals surface area contributed by atoms with Crippen molar-refractivity contribution >= 4 is 46.3 Å². The molecule has 0 unspecified atom stereocenters. The van der Waals surface area contributed by atoms with Gasteiger partial charge in [0.1, 0.15) is 18.4 Å². The zero-order chi connectivity index (χ0) is 20.5. The first-order valence-electron chi connectivity index (χ1n) is 9.69. The molecule has 150 valence electrons. The van der Waals surface area contributed by atoms with Crippen molar-refractivity contribution < 1.29 is 14.3 Å². The number of carbonyl (C=O) groups excluding carboxylic acids is 2. The fourth-order valence-corrected chi connectivity index (χ4v) is 4.20. The molecule has 0 aromatic heterocycles. The molecule has 30 heavy (non-hydrogen) atoms. The number of nitrogens with zero attached hydrogens (tertiary/aromatic N) is 2. The number of benzene rings is 3. The summed E-state index contributed by atoms with van der Waals surface area (Å²) in [7, 11) is 0. The number of rotatable bonds is 6. The van der Waals surface area contributed by atoms with Crippen molar-refractivity contribution in [1.82, 2.24) is 5.43 Å². The van der Waals surface area contributed by atoms with E-state index in [9.17, 15) is 9.59 Å². The van der Waals surface area contributed by atoms with Crippen LogP contribution in [-0.4, -0.2) is 42.2 Å². The van der Waals surface area contributed by atoms with Crippen molar-refractivity contribution in [3.63, 3.8) is 0 Å². The molecular formula is C23H19N3O3S. The highest BCUT2D eigenvalue weighted by molar-refractivity contribution is 8.00.